The molecule has 3 unspecified atom stereocenters. The number of rotatable bonds is 16. The van der Waals surface area contributed by atoms with Crippen LogP contribution in [0.5, 0.6) is 11.5 Å². The van der Waals surface area contributed by atoms with Crippen molar-refractivity contribution >= 4 is 30.7 Å². The van der Waals surface area contributed by atoms with E-state index in [1.54, 1.807) is 14.2 Å². The molecule has 1 aromatic carbocycles. The highest BCUT2D eigenvalue weighted by Crippen LogP contribution is 2.31. The van der Waals surface area contributed by atoms with E-state index in [2.05, 4.69) is 19.2 Å². The number of aliphatic hydroxyl groups excluding tert-OH is 1. The van der Waals surface area contributed by atoms with Gasteiger partial charge in [-0.25, -0.2) is 0 Å². The smallest absolute Gasteiger partial charge is 0.231 e. The maximum Gasteiger partial charge on any atom is 0.231 e. The summed E-state index contributed by atoms with van der Waals surface area (Å²) in [6.07, 6.45) is 1.52. The van der Waals surface area contributed by atoms with Crippen LogP contribution in [0.1, 0.15) is 32.3 Å². The monoisotopic (exact) mass is 497 g/mol. The molecule has 0 fully saturated rings. The number of aliphatic hydroxyl groups is 1. The zero-order valence-corrected chi connectivity index (χ0v) is 21.2. The molecule has 0 heterocycles. The molecule has 8 nitrogen and oxygen atoms in total. The Bertz CT molecular complexity index is 638. The minimum Gasteiger partial charge on any atom is -0.493 e. The van der Waals surface area contributed by atoms with E-state index < -0.39 is 18.1 Å². The van der Waals surface area contributed by atoms with Gasteiger partial charge < -0.3 is 36.1 Å². The second-order valence-electron chi connectivity index (χ2n) is 7.95. The van der Waals surface area contributed by atoms with Crippen molar-refractivity contribution in [3.05, 3.63) is 23.8 Å². The summed E-state index contributed by atoms with van der Waals surface area (Å²) in [7, 11) is 3.29. The molecule has 0 aliphatic rings. The summed E-state index contributed by atoms with van der Waals surface area (Å²) < 4.78 is 16.4. The van der Waals surface area contributed by atoms with Gasteiger partial charge in [0.25, 0.3) is 0 Å². The first-order valence-corrected chi connectivity index (χ1v) is 10.5. The van der Waals surface area contributed by atoms with Crippen LogP contribution in [0.25, 0.3) is 0 Å². The molecular weight excluding hydrogens is 457 g/mol. The average molecular weight is 498 g/mol. The van der Waals surface area contributed by atoms with Gasteiger partial charge in [0.15, 0.2) is 11.5 Å². The van der Waals surface area contributed by atoms with Crippen molar-refractivity contribution < 1.29 is 24.1 Å². The third-order valence-electron chi connectivity index (χ3n) is 5.14. The Morgan fingerprint density at radius 3 is 2.41 bits per heavy atom. The van der Waals surface area contributed by atoms with Gasteiger partial charge in [-0.2, -0.15) is 0 Å². The van der Waals surface area contributed by atoms with Gasteiger partial charge in [-0.1, -0.05) is 19.9 Å². The van der Waals surface area contributed by atoms with Crippen LogP contribution >= 0.6 is 24.8 Å². The highest BCUT2D eigenvalue weighted by molar-refractivity contribution is 5.85. The summed E-state index contributed by atoms with van der Waals surface area (Å²) in [4.78, 5) is 10.8. The molecule has 0 saturated carbocycles. The van der Waals surface area contributed by atoms with E-state index in [9.17, 15) is 9.90 Å². The largest absolute Gasteiger partial charge is 0.493 e. The number of amides is 1. The molecule has 0 radical (unpaired) electrons. The van der Waals surface area contributed by atoms with E-state index in [-0.39, 0.29) is 43.8 Å². The summed E-state index contributed by atoms with van der Waals surface area (Å²) in [6.45, 7) is 5.76. The Morgan fingerprint density at radius 1 is 1.16 bits per heavy atom. The Kier molecular flexibility index (Phi) is 18.7. The molecule has 10 heteroatoms. The van der Waals surface area contributed by atoms with Gasteiger partial charge in [0, 0.05) is 32.7 Å². The van der Waals surface area contributed by atoms with Gasteiger partial charge in [-0.15, -0.1) is 24.8 Å². The van der Waals surface area contributed by atoms with Gasteiger partial charge in [0.2, 0.25) is 5.91 Å². The fraction of sp³-hybridized carbons (Fsp3) is 0.682. The number of halogens is 2. The lowest BCUT2D eigenvalue weighted by atomic mass is 9.83. The van der Waals surface area contributed by atoms with Crippen molar-refractivity contribution in [3.8, 4) is 11.5 Å². The van der Waals surface area contributed by atoms with E-state index in [0.29, 0.717) is 37.1 Å². The number of nitrogens with one attached hydrogen (secondary N) is 1. The van der Waals surface area contributed by atoms with Crippen LogP contribution in [-0.2, 0) is 16.0 Å². The zero-order valence-electron chi connectivity index (χ0n) is 19.5. The molecule has 32 heavy (non-hydrogen) atoms. The van der Waals surface area contributed by atoms with E-state index in [0.717, 1.165) is 18.4 Å². The number of methoxy groups -OCH3 is 2. The molecule has 0 aromatic heterocycles. The standard InChI is InChI=1S/C22H39N3O5.2ClH/c1-15(2)17(12-18(23)19(26)13-25-14-22(24)27)10-16-6-7-20(29-4)21(11-16)30-9-5-8-28-3;;/h6-7,11,15,17-19,25-26H,5,8-10,12-14,23H2,1-4H3,(H2,24,27);2*1H. The molecule has 188 valence electrons. The third-order valence-corrected chi connectivity index (χ3v) is 5.14. The van der Waals surface area contributed by atoms with Gasteiger partial charge in [-0.05, 0) is 42.4 Å². The number of benzene rings is 1. The number of primary amides is 1. The van der Waals surface area contributed by atoms with Gasteiger partial charge in [-0.3, -0.25) is 4.79 Å². The molecule has 1 aromatic rings. The van der Waals surface area contributed by atoms with Crippen LogP contribution in [0.2, 0.25) is 0 Å². The Morgan fingerprint density at radius 2 is 1.84 bits per heavy atom. The second-order valence-corrected chi connectivity index (χ2v) is 7.95. The summed E-state index contributed by atoms with van der Waals surface area (Å²) in [5.41, 5.74) is 12.5. The minimum absolute atomic E-state index is 0. The summed E-state index contributed by atoms with van der Waals surface area (Å²) in [5.74, 6) is 1.62. The number of nitrogens with two attached hydrogens (primary N) is 2. The van der Waals surface area contributed by atoms with Crippen LogP contribution in [0.4, 0.5) is 0 Å². The number of carbonyl (C=O) groups excluding carboxylic acids is 1. The highest BCUT2D eigenvalue weighted by atomic mass is 35.5. The molecule has 6 N–H and O–H groups in total. The maximum atomic E-state index is 10.8. The molecule has 0 spiro atoms. The zero-order chi connectivity index (χ0) is 22.5. The molecule has 0 bridgehead atoms. The summed E-state index contributed by atoms with van der Waals surface area (Å²) in [5, 5.41) is 13.1. The minimum atomic E-state index is -0.749. The van der Waals surface area contributed by atoms with E-state index in [1.807, 2.05) is 18.2 Å². The SMILES string of the molecule is COCCCOc1cc(CC(CC(N)C(O)CNCC(N)=O)C(C)C)ccc1OC.Cl.Cl. The van der Waals surface area contributed by atoms with E-state index >= 15 is 0 Å². The van der Waals surface area contributed by atoms with E-state index in [4.69, 9.17) is 25.7 Å². The quantitative estimate of drug-likeness (QED) is 0.256. The molecule has 3 atom stereocenters. The van der Waals surface area contributed by atoms with Crippen LogP contribution in [0.15, 0.2) is 18.2 Å². The molecule has 0 saturated heterocycles. The van der Waals surface area contributed by atoms with Crippen molar-refractivity contribution in [2.24, 2.45) is 23.3 Å². The first kappa shape index (κ1) is 32.9. The van der Waals surface area contributed by atoms with Crippen LogP contribution in [0.3, 0.4) is 0 Å². The third kappa shape index (κ3) is 12.7. The van der Waals surface area contributed by atoms with E-state index in [1.165, 1.54) is 0 Å². The van der Waals surface area contributed by atoms with Crippen molar-refractivity contribution in [1.82, 2.24) is 5.32 Å². The van der Waals surface area contributed by atoms with Gasteiger partial charge in [0.05, 0.1) is 26.4 Å². The molecule has 0 aliphatic heterocycles. The number of hydrogen-bond acceptors (Lipinski definition) is 7. The number of carbonyl (C=O) groups is 1. The molecular formula is C22H41Cl2N3O5. The second kappa shape index (κ2) is 18.2. The van der Waals surface area contributed by atoms with Crippen LogP contribution in [0, 0.1) is 11.8 Å². The van der Waals surface area contributed by atoms with Gasteiger partial charge >= 0.3 is 0 Å². The van der Waals surface area contributed by atoms with Crippen LogP contribution < -0.4 is 26.3 Å². The van der Waals surface area contributed by atoms with Crippen molar-refractivity contribution in [2.45, 2.75) is 45.3 Å². The maximum absolute atomic E-state index is 10.8. The van der Waals surface area contributed by atoms with Crippen molar-refractivity contribution in [1.29, 1.82) is 0 Å². The lowest BCUT2D eigenvalue weighted by Crippen LogP contribution is -2.45. The fourth-order valence-corrected chi connectivity index (χ4v) is 3.24. The van der Waals surface area contributed by atoms with Gasteiger partial charge in [0.1, 0.15) is 0 Å². The molecule has 1 amide bonds. The first-order valence-electron chi connectivity index (χ1n) is 10.5. The highest BCUT2D eigenvalue weighted by Gasteiger charge is 2.23. The summed E-state index contributed by atoms with van der Waals surface area (Å²) in [6, 6.07) is 5.56. The first-order chi connectivity index (χ1) is 14.3. The Hall–Kier alpha value is -1.29. The predicted molar refractivity (Wildman–Crippen MR) is 132 cm³/mol. The van der Waals surface area contributed by atoms with Crippen LogP contribution in [-0.4, -0.2) is 63.7 Å². The van der Waals surface area contributed by atoms with Crippen molar-refractivity contribution in [3.63, 3.8) is 0 Å². The Labute approximate surface area is 204 Å². The topological polar surface area (TPSA) is 129 Å². The lowest BCUT2D eigenvalue weighted by molar-refractivity contribution is -0.117. The lowest BCUT2D eigenvalue weighted by Gasteiger charge is -2.27. The van der Waals surface area contributed by atoms with Crippen molar-refractivity contribution in [2.75, 3.05) is 40.5 Å². The predicted octanol–water partition coefficient (Wildman–Crippen LogP) is 1.92. The Balaban J connectivity index is 0. The normalized spacial score (nSPS) is 13.5. The number of ether oxygens (including phenoxy) is 3. The molecule has 0 aliphatic carbocycles. The fourth-order valence-electron chi connectivity index (χ4n) is 3.24. The molecule has 1 rings (SSSR count). The average Bonchev–Trinajstić information content (AvgIpc) is 2.70. The summed E-state index contributed by atoms with van der Waals surface area (Å²) >= 11 is 0. The number of hydrogen-bond donors (Lipinski definition) is 4.